The van der Waals surface area contributed by atoms with E-state index < -0.39 is 48.1 Å². The molecule has 0 bridgehead atoms. The van der Waals surface area contributed by atoms with Gasteiger partial charge in [-0.3, -0.25) is 9.59 Å². The van der Waals surface area contributed by atoms with Gasteiger partial charge < -0.3 is 35.8 Å². The van der Waals surface area contributed by atoms with E-state index in [4.69, 9.17) is 9.84 Å². The summed E-state index contributed by atoms with van der Waals surface area (Å²) in [6, 6.07) is -1.17. The van der Waals surface area contributed by atoms with E-state index in [1.165, 1.54) is 6.92 Å². The number of carbonyl (C=O) groups excluding carboxylic acids is 2. The second kappa shape index (κ2) is 9.16. The summed E-state index contributed by atoms with van der Waals surface area (Å²) in [5.74, 6) is -2.92. The van der Waals surface area contributed by atoms with Crippen LogP contribution in [-0.4, -0.2) is 75.2 Å². The summed E-state index contributed by atoms with van der Waals surface area (Å²) >= 11 is 0. The van der Waals surface area contributed by atoms with Gasteiger partial charge in [-0.05, 0) is 18.9 Å². The van der Waals surface area contributed by atoms with Crippen LogP contribution in [0.1, 0.15) is 32.6 Å². The first kappa shape index (κ1) is 21.1. The molecule has 1 aliphatic heterocycles. The zero-order chi connectivity index (χ0) is 20.1. The maximum Gasteiger partial charge on any atom is 0.370 e. The highest BCUT2D eigenvalue weighted by Crippen LogP contribution is 2.25. The first-order chi connectivity index (χ1) is 12.7. The van der Waals surface area contributed by atoms with E-state index in [-0.39, 0.29) is 18.4 Å². The Morgan fingerprint density at radius 2 is 1.89 bits per heavy atom. The summed E-state index contributed by atoms with van der Waals surface area (Å²) < 4.78 is 5.19. The van der Waals surface area contributed by atoms with E-state index in [0.717, 1.165) is 31.8 Å². The molecular formula is C17H26N2O8. The van der Waals surface area contributed by atoms with Crippen LogP contribution < -0.4 is 10.6 Å². The van der Waals surface area contributed by atoms with E-state index in [2.05, 4.69) is 10.6 Å². The van der Waals surface area contributed by atoms with Crippen molar-refractivity contribution >= 4 is 17.8 Å². The monoisotopic (exact) mass is 386 g/mol. The fourth-order valence-corrected chi connectivity index (χ4v) is 3.40. The molecule has 0 radical (unpaired) electrons. The second-order valence-corrected chi connectivity index (χ2v) is 6.92. The number of aliphatic carboxylic acids is 1. The fraction of sp³-hybridized carbons (Fsp3) is 0.706. The van der Waals surface area contributed by atoms with Crippen LogP contribution in [0.15, 0.2) is 11.8 Å². The summed E-state index contributed by atoms with van der Waals surface area (Å²) in [6.07, 6.45) is -1.60. The highest BCUT2D eigenvalue weighted by atomic mass is 16.5. The Bertz CT molecular complexity index is 602. The van der Waals surface area contributed by atoms with Gasteiger partial charge in [-0.15, -0.1) is 0 Å². The molecule has 0 aromatic heterocycles. The summed E-state index contributed by atoms with van der Waals surface area (Å²) in [6.45, 7) is 0.913. The number of nitrogens with one attached hydrogen (secondary N) is 2. The molecule has 0 saturated heterocycles. The summed E-state index contributed by atoms with van der Waals surface area (Å²) in [7, 11) is 0. The number of amides is 2. The topological polar surface area (TPSA) is 165 Å². The van der Waals surface area contributed by atoms with Crippen LogP contribution in [0.3, 0.4) is 0 Å². The predicted molar refractivity (Wildman–Crippen MR) is 91.2 cm³/mol. The maximum absolute atomic E-state index is 12.0. The second-order valence-electron chi connectivity index (χ2n) is 6.92. The van der Waals surface area contributed by atoms with Crippen LogP contribution in [0.5, 0.6) is 0 Å². The van der Waals surface area contributed by atoms with Gasteiger partial charge in [-0.2, -0.15) is 0 Å². The highest BCUT2D eigenvalue weighted by molar-refractivity contribution is 5.84. The molecule has 0 aromatic rings. The molecule has 2 aliphatic rings. The molecule has 2 rings (SSSR count). The van der Waals surface area contributed by atoms with Gasteiger partial charge >= 0.3 is 5.97 Å². The summed E-state index contributed by atoms with van der Waals surface area (Å²) in [4.78, 5) is 34.5. The molecular weight excluding hydrogens is 360 g/mol. The van der Waals surface area contributed by atoms with E-state index >= 15 is 0 Å². The minimum atomic E-state index is -1.66. The SMILES string of the molecule is CC(=O)N[C@H]1[C@H]([C@H](O)[C@H](O)CNC(=O)C2CCCC2)OC(C(=O)O)=C[C@@H]1O. The molecule has 0 aromatic carbocycles. The molecule has 2 amide bonds. The van der Waals surface area contributed by atoms with E-state index in [1.807, 2.05) is 0 Å². The van der Waals surface area contributed by atoms with Crippen molar-refractivity contribution in [3.63, 3.8) is 0 Å². The van der Waals surface area contributed by atoms with E-state index in [9.17, 15) is 29.7 Å². The fourth-order valence-electron chi connectivity index (χ4n) is 3.40. The number of rotatable bonds is 7. The predicted octanol–water partition coefficient (Wildman–Crippen LogP) is -1.75. The molecule has 1 heterocycles. The number of hydrogen-bond acceptors (Lipinski definition) is 7. The van der Waals surface area contributed by atoms with E-state index in [0.29, 0.717) is 0 Å². The van der Waals surface area contributed by atoms with Gasteiger partial charge in [-0.25, -0.2) is 4.79 Å². The molecule has 27 heavy (non-hydrogen) atoms. The van der Waals surface area contributed by atoms with Crippen molar-refractivity contribution in [3.05, 3.63) is 11.8 Å². The average molecular weight is 386 g/mol. The lowest BCUT2D eigenvalue weighted by Gasteiger charge is -2.38. The number of carboxylic acids is 1. The summed E-state index contributed by atoms with van der Waals surface area (Å²) in [5, 5.41) is 44.7. The van der Waals surface area contributed by atoms with Crippen molar-refractivity contribution in [2.24, 2.45) is 5.92 Å². The van der Waals surface area contributed by atoms with Crippen LogP contribution in [0.2, 0.25) is 0 Å². The minimum Gasteiger partial charge on any atom is -0.478 e. The molecule has 0 unspecified atom stereocenters. The van der Waals surface area contributed by atoms with Crippen LogP contribution in [0.4, 0.5) is 0 Å². The van der Waals surface area contributed by atoms with Gasteiger partial charge in [0.2, 0.25) is 17.6 Å². The number of aliphatic hydroxyl groups is 3. The maximum atomic E-state index is 12.0. The van der Waals surface area contributed by atoms with Gasteiger partial charge in [0.1, 0.15) is 18.3 Å². The third-order valence-corrected chi connectivity index (χ3v) is 4.83. The standard InChI is InChI=1S/C17H26N2O8/c1-8(20)19-13-10(21)6-12(17(25)26)27-15(13)14(23)11(22)7-18-16(24)9-4-2-3-5-9/h6,9-11,13-15,21-23H,2-5,7H2,1H3,(H,18,24)(H,19,20)(H,25,26)/t10-,11+,13+,14+,15+/m0/s1. The van der Waals surface area contributed by atoms with Gasteiger partial charge in [0.05, 0.1) is 6.04 Å². The quantitative estimate of drug-likeness (QED) is 0.300. The lowest BCUT2D eigenvalue weighted by molar-refractivity contribution is -0.147. The number of hydrogen-bond donors (Lipinski definition) is 6. The third kappa shape index (κ3) is 5.41. The smallest absolute Gasteiger partial charge is 0.370 e. The zero-order valence-electron chi connectivity index (χ0n) is 15.0. The van der Waals surface area contributed by atoms with Crippen molar-refractivity contribution in [2.45, 2.75) is 63.1 Å². The van der Waals surface area contributed by atoms with Gasteiger partial charge in [0.25, 0.3) is 0 Å². The van der Waals surface area contributed by atoms with Crippen molar-refractivity contribution in [2.75, 3.05) is 6.54 Å². The van der Waals surface area contributed by atoms with Crippen molar-refractivity contribution in [3.8, 4) is 0 Å². The summed E-state index contributed by atoms with van der Waals surface area (Å²) in [5.41, 5.74) is 0. The van der Waals surface area contributed by atoms with Crippen LogP contribution in [0.25, 0.3) is 0 Å². The van der Waals surface area contributed by atoms with Crippen molar-refractivity contribution < 1.29 is 39.5 Å². The lowest BCUT2D eigenvalue weighted by atomic mass is 9.93. The van der Waals surface area contributed by atoms with Crippen molar-refractivity contribution in [1.29, 1.82) is 0 Å². The Hall–Kier alpha value is -2.17. The number of carboxylic acid groups (broad SMARTS) is 1. The molecule has 152 valence electrons. The molecule has 0 spiro atoms. The Labute approximate surface area is 156 Å². The number of aliphatic hydroxyl groups excluding tert-OH is 3. The Kier molecular flexibility index (Phi) is 7.17. The largest absolute Gasteiger partial charge is 0.478 e. The van der Waals surface area contributed by atoms with Gasteiger partial charge in [0, 0.05) is 19.4 Å². The molecule has 1 saturated carbocycles. The van der Waals surface area contributed by atoms with Gasteiger partial charge in [-0.1, -0.05) is 12.8 Å². The highest BCUT2D eigenvalue weighted by Gasteiger charge is 2.43. The first-order valence-corrected chi connectivity index (χ1v) is 8.91. The Balaban J connectivity index is 2.03. The lowest BCUT2D eigenvalue weighted by Crippen LogP contribution is -2.60. The molecule has 6 N–H and O–H groups in total. The minimum absolute atomic E-state index is 0.115. The van der Waals surface area contributed by atoms with Crippen LogP contribution >= 0.6 is 0 Å². The molecule has 10 heteroatoms. The molecule has 5 atom stereocenters. The molecule has 10 nitrogen and oxygen atoms in total. The average Bonchev–Trinajstić information content (AvgIpc) is 3.14. The molecule has 1 fully saturated rings. The normalized spacial score (nSPS) is 27.9. The number of ether oxygens (including phenoxy) is 1. The zero-order valence-corrected chi connectivity index (χ0v) is 15.0. The third-order valence-electron chi connectivity index (χ3n) is 4.83. The first-order valence-electron chi connectivity index (χ1n) is 8.91. The van der Waals surface area contributed by atoms with Gasteiger partial charge in [0.15, 0.2) is 6.10 Å². The Morgan fingerprint density at radius 3 is 2.44 bits per heavy atom. The molecule has 1 aliphatic carbocycles. The van der Waals surface area contributed by atoms with Crippen molar-refractivity contribution in [1.82, 2.24) is 10.6 Å². The number of carbonyl (C=O) groups is 3. The van der Waals surface area contributed by atoms with Crippen LogP contribution in [0, 0.1) is 5.92 Å². The van der Waals surface area contributed by atoms with E-state index in [1.54, 1.807) is 0 Å². The van der Waals surface area contributed by atoms with Crippen LogP contribution in [-0.2, 0) is 19.1 Å². The Morgan fingerprint density at radius 1 is 1.26 bits per heavy atom.